The standard InChI is InChI=1S/C34H37F3N4O8/c1-34(2,3)49-33(46)41-17-23(48-18-27(41)31(43)44)13-14-24-25(37)15-38-16-26(24)39-30(42)29(40-32(45)47-4)28(19-5-9-21(35)10-6-19)20-7-11-22(36)12-8-20/h5-12,15-16,23,27-29H,13-14,17-18H2,1-4H3,(H,39,42)(H,40,45)(H,43,44). The summed E-state index contributed by atoms with van der Waals surface area (Å²) in [5, 5.41) is 14.7. The number of halogens is 3. The van der Waals surface area contributed by atoms with Gasteiger partial charge < -0.3 is 30.0 Å². The van der Waals surface area contributed by atoms with Gasteiger partial charge in [0.2, 0.25) is 5.91 Å². The normalized spacial score (nSPS) is 16.9. The molecule has 0 aliphatic carbocycles. The zero-order chi connectivity index (χ0) is 35.9. The summed E-state index contributed by atoms with van der Waals surface area (Å²) in [5.41, 5.74) is -0.111. The fourth-order valence-corrected chi connectivity index (χ4v) is 5.36. The molecule has 0 saturated carbocycles. The first-order chi connectivity index (χ1) is 23.2. The third kappa shape index (κ3) is 9.69. The fourth-order valence-electron chi connectivity index (χ4n) is 5.36. The number of carboxylic acid groups (broad SMARTS) is 1. The number of carbonyl (C=O) groups is 4. The first-order valence-corrected chi connectivity index (χ1v) is 15.3. The molecule has 3 atom stereocenters. The molecule has 12 nitrogen and oxygen atoms in total. The number of pyridine rings is 1. The molecule has 1 aliphatic heterocycles. The Labute approximate surface area is 280 Å². The van der Waals surface area contributed by atoms with Gasteiger partial charge in [0, 0.05) is 11.5 Å². The van der Waals surface area contributed by atoms with Crippen molar-refractivity contribution >= 4 is 29.8 Å². The van der Waals surface area contributed by atoms with Crippen LogP contribution in [0.5, 0.6) is 0 Å². The number of aromatic nitrogens is 1. The molecule has 0 bridgehead atoms. The SMILES string of the molecule is COC(=O)NC(C(=O)Nc1cncc(F)c1CCC1CN(C(=O)OC(C)(C)C)C(C(=O)O)CO1)C(c1ccc(F)cc1)c1ccc(F)cc1. The van der Waals surface area contributed by atoms with Gasteiger partial charge in [-0.25, -0.2) is 27.6 Å². The van der Waals surface area contributed by atoms with Crippen molar-refractivity contribution in [3.8, 4) is 0 Å². The number of nitrogens with one attached hydrogen (secondary N) is 2. The van der Waals surface area contributed by atoms with Gasteiger partial charge in [-0.2, -0.15) is 0 Å². The van der Waals surface area contributed by atoms with Crippen LogP contribution in [0.4, 0.5) is 28.4 Å². The van der Waals surface area contributed by atoms with E-state index in [0.29, 0.717) is 11.1 Å². The van der Waals surface area contributed by atoms with Gasteiger partial charge in [0.15, 0.2) is 6.04 Å². The van der Waals surface area contributed by atoms with Gasteiger partial charge in [0.1, 0.15) is 29.1 Å². The van der Waals surface area contributed by atoms with E-state index in [1.54, 1.807) is 20.8 Å². The molecule has 1 aliphatic rings. The van der Waals surface area contributed by atoms with E-state index in [1.165, 1.54) is 54.7 Å². The van der Waals surface area contributed by atoms with Gasteiger partial charge in [-0.15, -0.1) is 0 Å². The number of benzene rings is 2. The zero-order valence-electron chi connectivity index (χ0n) is 27.2. The van der Waals surface area contributed by atoms with Crippen molar-refractivity contribution in [2.45, 2.75) is 63.3 Å². The molecule has 4 rings (SSSR count). The molecular weight excluding hydrogens is 649 g/mol. The first-order valence-electron chi connectivity index (χ1n) is 15.3. The Bertz CT molecular complexity index is 1610. The van der Waals surface area contributed by atoms with Crippen molar-refractivity contribution in [3.05, 3.63) is 95.1 Å². The van der Waals surface area contributed by atoms with Crippen LogP contribution in [0.1, 0.15) is 49.8 Å². The molecule has 3 amide bonds. The summed E-state index contributed by atoms with van der Waals surface area (Å²) in [4.78, 5) is 56.0. The Hall–Kier alpha value is -5.18. The lowest BCUT2D eigenvalue weighted by atomic mass is 9.84. The van der Waals surface area contributed by atoms with Gasteiger partial charge in [-0.05, 0) is 69.0 Å². The largest absolute Gasteiger partial charge is 0.480 e. The molecule has 2 heterocycles. The number of hydrogen-bond donors (Lipinski definition) is 3. The van der Waals surface area contributed by atoms with Gasteiger partial charge in [0.05, 0.1) is 44.4 Å². The second-order valence-corrected chi connectivity index (χ2v) is 12.3. The van der Waals surface area contributed by atoms with Crippen LogP contribution >= 0.6 is 0 Å². The number of morpholine rings is 1. The summed E-state index contributed by atoms with van der Waals surface area (Å²) in [5.74, 6) is -4.95. The van der Waals surface area contributed by atoms with Crippen LogP contribution in [0.25, 0.3) is 0 Å². The molecular formula is C34H37F3N4O8. The monoisotopic (exact) mass is 686 g/mol. The van der Waals surface area contributed by atoms with Crippen LogP contribution in [-0.2, 0) is 30.2 Å². The summed E-state index contributed by atoms with van der Waals surface area (Å²) < 4.78 is 58.8. The Morgan fingerprint density at radius 2 is 1.59 bits per heavy atom. The summed E-state index contributed by atoms with van der Waals surface area (Å²) in [7, 11) is 1.10. The Morgan fingerprint density at radius 1 is 1.00 bits per heavy atom. The van der Waals surface area contributed by atoms with E-state index in [0.717, 1.165) is 18.2 Å². The lowest BCUT2D eigenvalue weighted by molar-refractivity contribution is -0.153. The number of methoxy groups -OCH3 is 1. The van der Waals surface area contributed by atoms with E-state index in [4.69, 9.17) is 14.2 Å². The zero-order valence-corrected chi connectivity index (χ0v) is 27.2. The summed E-state index contributed by atoms with van der Waals surface area (Å²) in [6.45, 7) is 4.47. The molecule has 3 N–H and O–H groups in total. The highest BCUT2D eigenvalue weighted by Gasteiger charge is 2.39. The van der Waals surface area contributed by atoms with Crippen LogP contribution in [0.15, 0.2) is 60.9 Å². The lowest BCUT2D eigenvalue weighted by Gasteiger charge is -2.38. The average molecular weight is 687 g/mol. The molecule has 0 radical (unpaired) electrons. The Balaban J connectivity index is 1.60. The fraction of sp³-hybridized carbons (Fsp3) is 0.382. The predicted molar refractivity (Wildman–Crippen MR) is 169 cm³/mol. The third-order valence-corrected chi connectivity index (χ3v) is 7.69. The molecule has 2 aromatic carbocycles. The van der Waals surface area contributed by atoms with Crippen molar-refractivity contribution in [2.24, 2.45) is 0 Å². The number of carboxylic acids is 1. The average Bonchev–Trinajstić information content (AvgIpc) is 3.04. The minimum Gasteiger partial charge on any atom is -0.480 e. The van der Waals surface area contributed by atoms with E-state index >= 15 is 4.39 Å². The number of anilines is 1. The Kier molecular flexibility index (Phi) is 11.8. The molecule has 3 aromatic rings. The number of hydrogen-bond acceptors (Lipinski definition) is 8. The smallest absolute Gasteiger partial charge is 0.411 e. The van der Waals surface area contributed by atoms with Gasteiger partial charge >= 0.3 is 18.2 Å². The van der Waals surface area contributed by atoms with Crippen LogP contribution in [-0.4, -0.2) is 83.1 Å². The number of ether oxygens (including phenoxy) is 3. The summed E-state index contributed by atoms with van der Waals surface area (Å²) in [6.07, 6.45) is -0.298. The number of carbonyl (C=O) groups excluding carboxylic acids is 3. The predicted octanol–water partition coefficient (Wildman–Crippen LogP) is 5.02. The van der Waals surface area contributed by atoms with E-state index < -0.39 is 71.2 Å². The number of aliphatic carboxylic acids is 1. The number of alkyl carbamates (subject to hydrolysis) is 1. The second-order valence-electron chi connectivity index (χ2n) is 12.3. The van der Waals surface area contributed by atoms with Gasteiger partial charge in [-0.1, -0.05) is 24.3 Å². The first kappa shape index (κ1) is 36.7. The van der Waals surface area contributed by atoms with Gasteiger partial charge in [-0.3, -0.25) is 14.7 Å². The van der Waals surface area contributed by atoms with Crippen LogP contribution in [0.2, 0.25) is 0 Å². The topological polar surface area (TPSA) is 156 Å². The van der Waals surface area contributed by atoms with Crippen molar-refractivity contribution in [1.29, 1.82) is 0 Å². The molecule has 15 heteroatoms. The third-order valence-electron chi connectivity index (χ3n) is 7.69. The van der Waals surface area contributed by atoms with E-state index in [-0.39, 0.29) is 37.2 Å². The van der Waals surface area contributed by atoms with Crippen molar-refractivity contribution < 1.29 is 51.7 Å². The van der Waals surface area contributed by atoms with Crippen LogP contribution in [0, 0.1) is 17.5 Å². The molecule has 0 spiro atoms. The second kappa shape index (κ2) is 15.8. The maximum Gasteiger partial charge on any atom is 0.411 e. The Morgan fingerprint density at radius 3 is 2.12 bits per heavy atom. The van der Waals surface area contributed by atoms with E-state index in [9.17, 15) is 33.1 Å². The molecule has 262 valence electrons. The molecule has 49 heavy (non-hydrogen) atoms. The number of rotatable bonds is 10. The number of amides is 3. The van der Waals surface area contributed by atoms with Crippen molar-refractivity contribution in [3.63, 3.8) is 0 Å². The highest BCUT2D eigenvalue weighted by atomic mass is 19.1. The number of nitrogens with zero attached hydrogens (tertiary/aromatic N) is 2. The highest BCUT2D eigenvalue weighted by molar-refractivity contribution is 5.98. The van der Waals surface area contributed by atoms with E-state index in [2.05, 4.69) is 15.6 Å². The molecule has 1 aromatic heterocycles. The van der Waals surface area contributed by atoms with Crippen LogP contribution in [0.3, 0.4) is 0 Å². The molecule has 1 saturated heterocycles. The molecule has 1 fully saturated rings. The maximum atomic E-state index is 15.3. The quantitative estimate of drug-likeness (QED) is 0.267. The van der Waals surface area contributed by atoms with Gasteiger partial charge in [0.25, 0.3) is 0 Å². The minimum absolute atomic E-state index is 0.0214. The summed E-state index contributed by atoms with van der Waals surface area (Å²) in [6, 6.07) is 7.62. The van der Waals surface area contributed by atoms with Crippen molar-refractivity contribution in [1.82, 2.24) is 15.2 Å². The minimum atomic E-state index is -1.43. The van der Waals surface area contributed by atoms with Crippen molar-refractivity contribution in [2.75, 3.05) is 25.6 Å². The maximum absolute atomic E-state index is 15.3. The van der Waals surface area contributed by atoms with E-state index in [1.807, 2.05) is 0 Å². The lowest BCUT2D eigenvalue weighted by Crippen LogP contribution is -2.56. The van der Waals surface area contributed by atoms with Crippen LogP contribution < -0.4 is 10.6 Å². The summed E-state index contributed by atoms with van der Waals surface area (Å²) >= 11 is 0. The molecule has 3 unspecified atom stereocenters. The highest BCUT2D eigenvalue weighted by Crippen LogP contribution is 2.31.